The normalized spacial score (nSPS) is 10.8. The number of nitrogens with zero attached hydrogens (tertiary/aromatic N) is 2. The van der Waals surface area contributed by atoms with Crippen LogP contribution >= 0.6 is 0 Å². The van der Waals surface area contributed by atoms with Crippen LogP contribution in [0, 0.1) is 6.92 Å². The van der Waals surface area contributed by atoms with Crippen LogP contribution in [0.3, 0.4) is 0 Å². The third-order valence-electron chi connectivity index (χ3n) is 5.07. The van der Waals surface area contributed by atoms with Crippen LogP contribution < -0.4 is 4.90 Å². The molecule has 4 nitrogen and oxygen atoms in total. The Morgan fingerprint density at radius 1 is 0.862 bits per heavy atom. The molecule has 1 heterocycles. The average molecular weight is 382 g/mol. The van der Waals surface area contributed by atoms with Gasteiger partial charge in [0, 0.05) is 30.4 Å². The Morgan fingerprint density at radius 3 is 2.00 bits per heavy atom. The van der Waals surface area contributed by atoms with Crippen molar-refractivity contribution >= 4 is 22.4 Å². The number of carboxylic acids is 1. The zero-order valence-electron chi connectivity index (χ0n) is 16.2. The Labute approximate surface area is 170 Å². The Bertz CT molecular complexity index is 1100. The molecule has 1 N–H and O–H groups in total. The Morgan fingerprint density at radius 2 is 1.45 bits per heavy atom. The van der Waals surface area contributed by atoms with Gasteiger partial charge in [0.25, 0.3) is 0 Å². The second-order valence-electron chi connectivity index (χ2n) is 7.15. The lowest BCUT2D eigenvalue weighted by atomic mass is 10.0. The molecule has 0 saturated carbocycles. The van der Waals surface area contributed by atoms with Crippen molar-refractivity contribution in [3.05, 3.63) is 107 Å². The lowest BCUT2D eigenvalue weighted by Crippen LogP contribution is -2.22. The fourth-order valence-electron chi connectivity index (χ4n) is 3.58. The molecule has 0 atom stereocenters. The highest BCUT2D eigenvalue weighted by atomic mass is 16.4. The largest absolute Gasteiger partial charge is 0.476 e. The van der Waals surface area contributed by atoms with Gasteiger partial charge in [0.1, 0.15) is 0 Å². The average Bonchev–Trinajstić information content (AvgIpc) is 2.75. The van der Waals surface area contributed by atoms with E-state index in [9.17, 15) is 9.90 Å². The molecular formula is C25H22N2O2. The number of fused-ring (bicyclic) bond motifs is 1. The number of pyridine rings is 1. The van der Waals surface area contributed by atoms with E-state index < -0.39 is 5.97 Å². The van der Waals surface area contributed by atoms with Gasteiger partial charge in [-0.25, -0.2) is 9.78 Å². The number of hydrogen-bond acceptors (Lipinski definition) is 3. The van der Waals surface area contributed by atoms with E-state index in [1.807, 2.05) is 55.5 Å². The molecule has 4 aromatic rings. The molecule has 4 rings (SSSR count). The van der Waals surface area contributed by atoms with Gasteiger partial charge in [-0.15, -0.1) is 0 Å². The molecule has 0 aliphatic rings. The van der Waals surface area contributed by atoms with Gasteiger partial charge in [-0.05, 0) is 47.2 Å². The van der Waals surface area contributed by atoms with Crippen LogP contribution in [0.5, 0.6) is 0 Å². The van der Waals surface area contributed by atoms with Gasteiger partial charge in [0.05, 0.1) is 0 Å². The number of aryl methyl sites for hydroxylation is 1. The van der Waals surface area contributed by atoms with Gasteiger partial charge in [0.2, 0.25) is 0 Å². The number of rotatable bonds is 6. The van der Waals surface area contributed by atoms with E-state index in [0.29, 0.717) is 5.39 Å². The van der Waals surface area contributed by atoms with Crippen LogP contribution in [-0.2, 0) is 13.1 Å². The molecule has 0 aliphatic heterocycles. The first-order valence-electron chi connectivity index (χ1n) is 9.57. The van der Waals surface area contributed by atoms with Crippen molar-refractivity contribution in [1.29, 1.82) is 0 Å². The monoisotopic (exact) mass is 382 g/mol. The molecular weight excluding hydrogens is 360 g/mol. The van der Waals surface area contributed by atoms with Gasteiger partial charge in [-0.2, -0.15) is 0 Å². The van der Waals surface area contributed by atoms with Crippen LogP contribution in [0.1, 0.15) is 27.2 Å². The molecule has 4 heteroatoms. The molecule has 0 spiro atoms. The molecule has 0 aliphatic carbocycles. The smallest absolute Gasteiger partial charge is 0.355 e. The lowest BCUT2D eigenvalue weighted by Gasteiger charge is -2.26. The van der Waals surface area contributed by atoms with Crippen molar-refractivity contribution in [2.45, 2.75) is 20.0 Å². The summed E-state index contributed by atoms with van der Waals surface area (Å²) in [7, 11) is 0. The van der Waals surface area contributed by atoms with Gasteiger partial charge < -0.3 is 10.0 Å². The van der Waals surface area contributed by atoms with Crippen molar-refractivity contribution in [2.24, 2.45) is 0 Å². The highest BCUT2D eigenvalue weighted by Gasteiger charge is 2.15. The molecule has 144 valence electrons. The number of anilines is 1. The maximum Gasteiger partial charge on any atom is 0.355 e. The molecule has 0 fully saturated rings. The zero-order valence-corrected chi connectivity index (χ0v) is 16.2. The van der Waals surface area contributed by atoms with Crippen LogP contribution in [0.25, 0.3) is 10.8 Å². The summed E-state index contributed by atoms with van der Waals surface area (Å²) in [6.45, 7) is 3.48. The van der Waals surface area contributed by atoms with Gasteiger partial charge in [-0.1, -0.05) is 60.7 Å². The Kier molecular flexibility index (Phi) is 5.25. The van der Waals surface area contributed by atoms with E-state index in [0.717, 1.165) is 29.7 Å². The van der Waals surface area contributed by atoms with Crippen molar-refractivity contribution in [3.63, 3.8) is 0 Å². The second kappa shape index (κ2) is 8.15. The van der Waals surface area contributed by atoms with E-state index in [-0.39, 0.29) is 5.69 Å². The molecule has 29 heavy (non-hydrogen) atoms. The maximum absolute atomic E-state index is 11.6. The van der Waals surface area contributed by atoms with Gasteiger partial charge in [-0.3, -0.25) is 0 Å². The first kappa shape index (κ1) is 18.7. The summed E-state index contributed by atoms with van der Waals surface area (Å²) in [5.41, 5.74) is 4.55. The van der Waals surface area contributed by atoms with E-state index in [1.54, 1.807) is 6.20 Å². The number of hydrogen-bond donors (Lipinski definition) is 1. The lowest BCUT2D eigenvalue weighted by molar-refractivity contribution is 0.0693. The predicted octanol–water partition coefficient (Wildman–Crippen LogP) is 5.45. The second-order valence-corrected chi connectivity index (χ2v) is 7.15. The summed E-state index contributed by atoms with van der Waals surface area (Å²) in [6.07, 6.45) is 1.63. The standard InChI is InChI=1S/C25H22N2O2/c1-18-15-26-24(25(28)29)22-13-12-21(14-23(18)22)27(16-19-8-4-2-5-9-19)17-20-10-6-3-7-11-20/h2-15H,16-17H2,1H3,(H,28,29). The fraction of sp³-hybridized carbons (Fsp3) is 0.120. The first-order chi connectivity index (χ1) is 14.1. The topological polar surface area (TPSA) is 53.4 Å². The molecule has 0 bridgehead atoms. The van der Waals surface area contributed by atoms with Crippen molar-refractivity contribution in [3.8, 4) is 0 Å². The number of benzene rings is 3. The molecule has 0 saturated heterocycles. The van der Waals surface area contributed by atoms with E-state index >= 15 is 0 Å². The van der Waals surface area contributed by atoms with Crippen LogP contribution in [-0.4, -0.2) is 16.1 Å². The Hall–Kier alpha value is -3.66. The van der Waals surface area contributed by atoms with Crippen molar-refractivity contribution in [1.82, 2.24) is 4.98 Å². The SMILES string of the molecule is Cc1cnc(C(=O)O)c2ccc(N(Cc3ccccc3)Cc3ccccc3)cc12. The third kappa shape index (κ3) is 4.11. The van der Waals surface area contributed by atoms with Crippen LogP contribution in [0.4, 0.5) is 5.69 Å². The van der Waals surface area contributed by atoms with Gasteiger partial charge >= 0.3 is 5.97 Å². The molecule has 0 unspecified atom stereocenters. The summed E-state index contributed by atoms with van der Waals surface area (Å²) in [5, 5.41) is 11.1. The molecule has 0 radical (unpaired) electrons. The maximum atomic E-state index is 11.6. The minimum absolute atomic E-state index is 0.0924. The zero-order chi connectivity index (χ0) is 20.2. The molecule has 1 aromatic heterocycles. The van der Waals surface area contributed by atoms with E-state index in [1.165, 1.54) is 11.1 Å². The minimum atomic E-state index is -1.01. The predicted molar refractivity (Wildman–Crippen MR) is 116 cm³/mol. The van der Waals surface area contributed by atoms with Crippen molar-refractivity contribution in [2.75, 3.05) is 4.90 Å². The summed E-state index contributed by atoms with van der Waals surface area (Å²) in [4.78, 5) is 18.0. The third-order valence-corrected chi connectivity index (χ3v) is 5.07. The summed E-state index contributed by atoms with van der Waals surface area (Å²) >= 11 is 0. The summed E-state index contributed by atoms with van der Waals surface area (Å²) in [5.74, 6) is -1.01. The number of carboxylic acid groups (broad SMARTS) is 1. The fourth-order valence-corrected chi connectivity index (χ4v) is 3.58. The van der Waals surface area contributed by atoms with E-state index in [4.69, 9.17) is 0 Å². The first-order valence-corrected chi connectivity index (χ1v) is 9.57. The number of aromatic carboxylic acids is 1. The highest BCUT2D eigenvalue weighted by Crippen LogP contribution is 2.28. The van der Waals surface area contributed by atoms with E-state index in [2.05, 4.69) is 40.2 Å². The summed E-state index contributed by atoms with van der Waals surface area (Å²) in [6, 6.07) is 26.6. The van der Waals surface area contributed by atoms with Crippen LogP contribution in [0.15, 0.2) is 85.1 Å². The quantitative estimate of drug-likeness (QED) is 0.482. The summed E-state index contributed by atoms with van der Waals surface area (Å²) < 4.78 is 0. The molecule has 0 amide bonds. The number of aromatic nitrogens is 1. The highest BCUT2D eigenvalue weighted by molar-refractivity contribution is 6.03. The number of carbonyl (C=O) groups is 1. The molecule has 3 aromatic carbocycles. The Balaban J connectivity index is 1.77. The van der Waals surface area contributed by atoms with Gasteiger partial charge in [0.15, 0.2) is 5.69 Å². The minimum Gasteiger partial charge on any atom is -0.476 e. The van der Waals surface area contributed by atoms with Crippen molar-refractivity contribution < 1.29 is 9.90 Å². The van der Waals surface area contributed by atoms with Crippen LogP contribution in [0.2, 0.25) is 0 Å².